The Labute approximate surface area is 136 Å². The molecule has 0 unspecified atom stereocenters. The fourth-order valence-corrected chi connectivity index (χ4v) is 3.59. The van der Waals surface area contributed by atoms with Crippen molar-refractivity contribution in [2.45, 2.75) is 64.0 Å². The highest BCUT2D eigenvalue weighted by atomic mass is 28.4. The fourth-order valence-electron chi connectivity index (χ4n) is 2.24. The summed E-state index contributed by atoms with van der Waals surface area (Å²) in [5, 5.41) is 0.210. The molecule has 2 atom stereocenters. The fraction of sp³-hybridized carbons (Fsp3) is 0.579. The summed E-state index contributed by atoms with van der Waals surface area (Å²) in [6.45, 7) is 12.2. The van der Waals surface area contributed by atoms with E-state index in [1.54, 1.807) is 0 Å². The minimum absolute atomic E-state index is 0.103. The molecule has 0 N–H and O–H groups in total. The molecule has 1 aromatic carbocycles. The van der Waals surface area contributed by atoms with E-state index in [9.17, 15) is 0 Å². The van der Waals surface area contributed by atoms with Crippen molar-refractivity contribution >= 4 is 8.32 Å². The Bertz CT molecular complexity index is 534. The molecule has 3 heteroatoms. The normalized spacial score (nSPS) is 22.8. The molecule has 2 rings (SSSR count). The Hall–Kier alpha value is -1.08. The number of hydrogen-bond acceptors (Lipinski definition) is 2. The third-order valence-corrected chi connectivity index (χ3v) is 9.16. The van der Waals surface area contributed by atoms with E-state index in [1.165, 1.54) is 0 Å². The average molecular weight is 317 g/mol. The molecule has 0 aromatic heterocycles. The van der Waals surface area contributed by atoms with Gasteiger partial charge in [-0.15, -0.1) is 0 Å². The van der Waals surface area contributed by atoms with Crippen LogP contribution in [-0.4, -0.2) is 27.1 Å². The summed E-state index contributed by atoms with van der Waals surface area (Å²) in [7, 11) is -1.79. The summed E-state index contributed by atoms with van der Waals surface area (Å²) in [6, 6.07) is 10.1. The highest BCUT2D eigenvalue weighted by Crippen LogP contribution is 2.38. The third-order valence-electron chi connectivity index (χ3n) is 4.65. The number of ether oxygens (including phenoxy) is 1. The van der Waals surface area contributed by atoms with Crippen molar-refractivity contribution in [1.29, 1.82) is 0 Å². The van der Waals surface area contributed by atoms with Gasteiger partial charge in [-0.25, -0.2) is 0 Å². The topological polar surface area (TPSA) is 18.5 Å². The molecule has 1 heterocycles. The van der Waals surface area contributed by atoms with Crippen LogP contribution in [0.25, 0.3) is 0 Å². The molecule has 22 heavy (non-hydrogen) atoms. The van der Waals surface area contributed by atoms with Gasteiger partial charge in [0.2, 0.25) is 0 Å². The van der Waals surface area contributed by atoms with Gasteiger partial charge in [-0.3, -0.25) is 0 Å². The standard InChI is InChI=1S/C19H28O2Si/c1-19(2,3)22(4,5)21-18-12-9-15-20-17(18)14-13-16-10-7-6-8-11-16/h6-8,10-11,17-18H,9,12,15H2,1-5H3/t17-,18+/m1/s1. The second-order valence-electron chi connectivity index (χ2n) is 7.49. The van der Waals surface area contributed by atoms with Gasteiger partial charge < -0.3 is 9.16 Å². The molecular formula is C19H28O2Si. The van der Waals surface area contributed by atoms with Crippen molar-refractivity contribution in [1.82, 2.24) is 0 Å². The minimum Gasteiger partial charge on any atom is -0.410 e. The first-order valence-electron chi connectivity index (χ1n) is 8.16. The van der Waals surface area contributed by atoms with Crippen LogP contribution in [0.4, 0.5) is 0 Å². The molecule has 0 amide bonds. The number of benzene rings is 1. The average Bonchev–Trinajstić information content (AvgIpc) is 2.46. The van der Waals surface area contributed by atoms with Gasteiger partial charge in [0.1, 0.15) is 6.10 Å². The van der Waals surface area contributed by atoms with E-state index in [1.807, 2.05) is 30.3 Å². The molecule has 2 nitrogen and oxygen atoms in total. The van der Waals surface area contributed by atoms with E-state index in [2.05, 4.69) is 45.7 Å². The molecular weight excluding hydrogens is 288 g/mol. The van der Waals surface area contributed by atoms with Crippen LogP contribution in [0.1, 0.15) is 39.2 Å². The maximum Gasteiger partial charge on any atom is 0.192 e. The molecule has 1 aliphatic heterocycles. The Morgan fingerprint density at radius 2 is 1.86 bits per heavy atom. The highest BCUT2D eigenvalue weighted by molar-refractivity contribution is 6.74. The van der Waals surface area contributed by atoms with Crippen molar-refractivity contribution < 1.29 is 9.16 Å². The predicted octanol–water partition coefficient (Wildman–Crippen LogP) is 4.61. The van der Waals surface area contributed by atoms with Gasteiger partial charge in [0, 0.05) is 12.2 Å². The first-order valence-corrected chi connectivity index (χ1v) is 11.1. The van der Waals surface area contributed by atoms with E-state index in [0.717, 1.165) is 25.0 Å². The second kappa shape index (κ2) is 7.00. The zero-order valence-corrected chi connectivity index (χ0v) is 15.5. The molecule has 0 spiro atoms. The van der Waals surface area contributed by atoms with Crippen LogP contribution < -0.4 is 0 Å². The summed E-state index contributed by atoms with van der Waals surface area (Å²) < 4.78 is 12.5. The predicted molar refractivity (Wildman–Crippen MR) is 94.4 cm³/mol. The van der Waals surface area contributed by atoms with Crippen molar-refractivity contribution in [3.05, 3.63) is 35.9 Å². The largest absolute Gasteiger partial charge is 0.410 e. The maximum atomic E-state index is 6.56. The van der Waals surface area contributed by atoms with E-state index in [-0.39, 0.29) is 17.2 Å². The Morgan fingerprint density at radius 3 is 2.50 bits per heavy atom. The molecule has 0 bridgehead atoms. The second-order valence-corrected chi connectivity index (χ2v) is 12.2. The first kappa shape index (κ1) is 17.3. The lowest BCUT2D eigenvalue weighted by atomic mass is 10.1. The molecule has 1 saturated heterocycles. The van der Waals surface area contributed by atoms with Gasteiger partial charge in [0.15, 0.2) is 8.32 Å². The van der Waals surface area contributed by atoms with Crippen molar-refractivity contribution in [2.75, 3.05) is 6.61 Å². The molecule has 1 aliphatic rings. The highest BCUT2D eigenvalue weighted by Gasteiger charge is 2.41. The molecule has 1 aromatic rings. The van der Waals surface area contributed by atoms with Crippen LogP contribution in [0.2, 0.25) is 18.1 Å². The summed E-state index contributed by atoms with van der Waals surface area (Å²) in [4.78, 5) is 0. The van der Waals surface area contributed by atoms with Gasteiger partial charge in [0.25, 0.3) is 0 Å². The third kappa shape index (κ3) is 4.46. The van der Waals surface area contributed by atoms with E-state index in [0.29, 0.717) is 0 Å². The molecule has 1 fully saturated rings. The zero-order valence-electron chi connectivity index (χ0n) is 14.5. The number of rotatable bonds is 2. The first-order chi connectivity index (χ1) is 10.3. The van der Waals surface area contributed by atoms with Crippen LogP contribution in [0.15, 0.2) is 30.3 Å². The van der Waals surface area contributed by atoms with Gasteiger partial charge >= 0.3 is 0 Å². The van der Waals surface area contributed by atoms with Gasteiger partial charge in [-0.1, -0.05) is 50.8 Å². The minimum atomic E-state index is -1.79. The van der Waals surface area contributed by atoms with Crippen LogP contribution >= 0.6 is 0 Å². The zero-order chi connectivity index (χ0) is 16.2. The summed E-state index contributed by atoms with van der Waals surface area (Å²) in [5.74, 6) is 6.52. The number of hydrogen-bond donors (Lipinski definition) is 0. The van der Waals surface area contributed by atoms with Gasteiger partial charge in [-0.2, -0.15) is 0 Å². The SMILES string of the molecule is CC(C)(C)[Si](C)(C)O[C@H]1CCCO[C@@H]1C#Cc1ccccc1. The van der Waals surface area contributed by atoms with Crippen LogP contribution in [0, 0.1) is 11.8 Å². The van der Waals surface area contributed by atoms with Gasteiger partial charge in [-0.05, 0) is 43.1 Å². The molecule has 0 saturated carbocycles. The van der Waals surface area contributed by atoms with Crippen LogP contribution in [0.3, 0.4) is 0 Å². The maximum absolute atomic E-state index is 6.56. The Morgan fingerprint density at radius 1 is 1.18 bits per heavy atom. The quantitative estimate of drug-likeness (QED) is 0.586. The summed E-state index contributed by atoms with van der Waals surface area (Å²) in [6.07, 6.45) is 2.10. The van der Waals surface area contributed by atoms with Crippen molar-refractivity contribution in [2.24, 2.45) is 0 Å². The van der Waals surface area contributed by atoms with Gasteiger partial charge in [0.05, 0.1) is 6.10 Å². The van der Waals surface area contributed by atoms with Crippen molar-refractivity contribution in [3.63, 3.8) is 0 Å². The van der Waals surface area contributed by atoms with Crippen molar-refractivity contribution in [3.8, 4) is 11.8 Å². The lowest BCUT2D eigenvalue weighted by molar-refractivity contribution is -0.0371. The van der Waals surface area contributed by atoms with E-state index >= 15 is 0 Å². The van der Waals surface area contributed by atoms with E-state index in [4.69, 9.17) is 9.16 Å². The lowest BCUT2D eigenvalue weighted by Crippen LogP contribution is -2.48. The molecule has 120 valence electrons. The Balaban J connectivity index is 2.11. The summed E-state index contributed by atoms with van der Waals surface area (Å²) in [5.41, 5.74) is 1.03. The lowest BCUT2D eigenvalue weighted by Gasteiger charge is -2.41. The Kier molecular flexibility index (Phi) is 5.49. The smallest absolute Gasteiger partial charge is 0.192 e. The van der Waals surface area contributed by atoms with Crippen LogP contribution in [0.5, 0.6) is 0 Å². The van der Waals surface area contributed by atoms with E-state index < -0.39 is 8.32 Å². The summed E-state index contributed by atoms with van der Waals surface area (Å²) >= 11 is 0. The molecule has 0 aliphatic carbocycles. The molecule has 0 radical (unpaired) electrons. The monoisotopic (exact) mass is 316 g/mol. The van der Waals surface area contributed by atoms with Crippen LogP contribution in [-0.2, 0) is 9.16 Å².